The van der Waals surface area contributed by atoms with Gasteiger partial charge in [-0.25, -0.2) is 0 Å². The van der Waals surface area contributed by atoms with E-state index in [2.05, 4.69) is 5.32 Å². The van der Waals surface area contributed by atoms with E-state index < -0.39 is 11.0 Å². The molecule has 0 saturated heterocycles. The lowest BCUT2D eigenvalue weighted by atomic mass is 9.54. The molecule has 23 heavy (non-hydrogen) atoms. The fourth-order valence-corrected chi connectivity index (χ4v) is 3.03. The van der Waals surface area contributed by atoms with Crippen LogP contribution in [0, 0.1) is 19.3 Å². The summed E-state index contributed by atoms with van der Waals surface area (Å²) < 4.78 is 5.65. The Bertz CT molecular complexity index is 604. The number of aromatic hydroxyl groups is 1. The van der Waals surface area contributed by atoms with Crippen LogP contribution in [0.25, 0.3) is 0 Å². The summed E-state index contributed by atoms with van der Waals surface area (Å²) in [6.45, 7) is 10.0. The molecular formula is C17H27ClN2O3. The molecule has 5 nitrogen and oxygen atoms in total. The number of amides is 1. The Kier molecular flexibility index (Phi) is 5.73. The Morgan fingerprint density at radius 2 is 2.04 bits per heavy atom. The Hall–Kier alpha value is -1.30. The Balaban J connectivity index is 0.00000264. The second-order valence-corrected chi connectivity index (χ2v) is 6.70. The van der Waals surface area contributed by atoms with Gasteiger partial charge in [-0.1, -0.05) is 19.9 Å². The van der Waals surface area contributed by atoms with Crippen molar-refractivity contribution in [3.8, 4) is 5.75 Å². The SMILES string of the molecule is CCOC1CC(N)(C(=O)Nc2ccc(C)c(O)c2C)C1(C)C.Cl. The van der Waals surface area contributed by atoms with Gasteiger partial charge < -0.3 is 20.9 Å². The standard InChI is InChI=1S/C17H26N2O3.ClH/c1-6-22-13-9-17(18,16(13,4)5)15(21)19-12-8-7-10(2)14(20)11(12)3;/h7-8,13,20H,6,9,18H2,1-5H3,(H,19,21);1H. The molecule has 1 aliphatic carbocycles. The summed E-state index contributed by atoms with van der Waals surface area (Å²) in [5, 5.41) is 12.8. The van der Waals surface area contributed by atoms with E-state index in [0.717, 1.165) is 5.56 Å². The number of halogens is 1. The molecule has 0 heterocycles. The van der Waals surface area contributed by atoms with E-state index in [1.165, 1.54) is 0 Å². The molecule has 2 rings (SSSR count). The topological polar surface area (TPSA) is 84.6 Å². The normalized spacial score (nSPS) is 25.2. The van der Waals surface area contributed by atoms with Gasteiger partial charge in [0, 0.05) is 29.7 Å². The molecular weight excluding hydrogens is 316 g/mol. The van der Waals surface area contributed by atoms with E-state index in [0.29, 0.717) is 24.3 Å². The van der Waals surface area contributed by atoms with Crippen molar-refractivity contribution in [3.63, 3.8) is 0 Å². The molecule has 130 valence electrons. The van der Waals surface area contributed by atoms with Crippen LogP contribution in [0.3, 0.4) is 0 Å². The van der Waals surface area contributed by atoms with Gasteiger partial charge in [-0.2, -0.15) is 0 Å². The lowest BCUT2D eigenvalue weighted by Crippen LogP contribution is -2.74. The van der Waals surface area contributed by atoms with Gasteiger partial charge in [0.25, 0.3) is 0 Å². The van der Waals surface area contributed by atoms with Crippen LogP contribution in [-0.2, 0) is 9.53 Å². The number of hydrogen-bond acceptors (Lipinski definition) is 4. The summed E-state index contributed by atoms with van der Waals surface area (Å²) in [6.07, 6.45) is 0.483. The maximum absolute atomic E-state index is 12.7. The number of anilines is 1. The van der Waals surface area contributed by atoms with Gasteiger partial charge in [0.05, 0.1) is 6.10 Å². The van der Waals surface area contributed by atoms with Crippen LogP contribution < -0.4 is 11.1 Å². The average molecular weight is 343 g/mol. The van der Waals surface area contributed by atoms with Gasteiger partial charge in [0.1, 0.15) is 11.3 Å². The predicted molar refractivity (Wildman–Crippen MR) is 94.2 cm³/mol. The number of phenolic OH excluding ortho intramolecular Hbond substituents is 1. The number of carbonyl (C=O) groups is 1. The van der Waals surface area contributed by atoms with Crippen molar-refractivity contribution in [2.75, 3.05) is 11.9 Å². The van der Waals surface area contributed by atoms with E-state index in [9.17, 15) is 9.90 Å². The van der Waals surface area contributed by atoms with Crippen molar-refractivity contribution in [2.24, 2.45) is 11.1 Å². The Morgan fingerprint density at radius 1 is 1.43 bits per heavy atom. The van der Waals surface area contributed by atoms with E-state index in [1.54, 1.807) is 19.1 Å². The fraction of sp³-hybridized carbons (Fsp3) is 0.588. The molecule has 1 aromatic carbocycles. The molecule has 0 spiro atoms. The molecule has 2 atom stereocenters. The molecule has 0 bridgehead atoms. The van der Waals surface area contributed by atoms with E-state index >= 15 is 0 Å². The van der Waals surface area contributed by atoms with Crippen molar-refractivity contribution in [2.45, 2.75) is 52.7 Å². The number of rotatable bonds is 4. The summed E-state index contributed by atoms with van der Waals surface area (Å²) >= 11 is 0. The minimum Gasteiger partial charge on any atom is -0.507 e. The first-order chi connectivity index (χ1) is 10.1. The summed E-state index contributed by atoms with van der Waals surface area (Å²) in [5.41, 5.74) is 6.96. The highest BCUT2D eigenvalue weighted by Gasteiger charge is 2.62. The van der Waals surface area contributed by atoms with Gasteiger partial charge in [-0.15, -0.1) is 12.4 Å². The monoisotopic (exact) mass is 342 g/mol. The van der Waals surface area contributed by atoms with Crippen LogP contribution in [0.1, 0.15) is 38.3 Å². The first-order valence-corrected chi connectivity index (χ1v) is 7.66. The lowest BCUT2D eigenvalue weighted by Gasteiger charge is -2.57. The summed E-state index contributed by atoms with van der Waals surface area (Å²) in [5.74, 6) is -0.0382. The quantitative estimate of drug-likeness (QED) is 0.785. The van der Waals surface area contributed by atoms with Gasteiger partial charge in [-0.05, 0) is 32.4 Å². The van der Waals surface area contributed by atoms with Crippen molar-refractivity contribution in [1.82, 2.24) is 0 Å². The van der Waals surface area contributed by atoms with Crippen LogP contribution in [-0.4, -0.2) is 29.3 Å². The first kappa shape index (κ1) is 19.7. The average Bonchev–Trinajstić information content (AvgIpc) is 2.47. The summed E-state index contributed by atoms with van der Waals surface area (Å²) in [4.78, 5) is 12.7. The molecule has 4 N–H and O–H groups in total. The molecule has 0 aromatic heterocycles. The molecule has 1 saturated carbocycles. The minimum atomic E-state index is -0.972. The summed E-state index contributed by atoms with van der Waals surface area (Å²) in [6, 6.07) is 3.56. The van der Waals surface area contributed by atoms with Crippen LogP contribution in [0.5, 0.6) is 5.75 Å². The van der Waals surface area contributed by atoms with Gasteiger partial charge >= 0.3 is 0 Å². The van der Waals surface area contributed by atoms with Gasteiger partial charge in [0.2, 0.25) is 5.91 Å². The highest BCUT2D eigenvalue weighted by Crippen LogP contribution is 2.50. The third-order valence-electron chi connectivity index (χ3n) is 5.12. The number of benzene rings is 1. The van der Waals surface area contributed by atoms with Crippen molar-refractivity contribution >= 4 is 24.0 Å². The number of nitrogens with two attached hydrogens (primary N) is 1. The smallest absolute Gasteiger partial charge is 0.245 e. The lowest BCUT2D eigenvalue weighted by molar-refractivity contribution is -0.166. The minimum absolute atomic E-state index is 0. The van der Waals surface area contributed by atoms with Crippen LogP contribution >= 0.6 is 12.4 Å². The van der Waals surface area contributed by atoms with Crippen LogP contribution in [0.15, 0.2) is 12.1 Å². The second kappa shape index (κ2) is 6.67. The number of hydrogen-bond donors (Lipinski definition) is 3. The molecule has 1 fully saturated rings. The first-order valence-electron chi connectivity index (χ1n) is 7.66. The molecule has 1 aromatic rings. The third-order valence-corrected chi connectivity index (χ3v) is 5.12. The van der Waals surface area contributed by atoms with Crippen LogP contribution in [0.2, 0.25) is 0 Å². The number of ether oxygens (including phenoxy) is 1. The predicted octanol–water partition coefficient (Wildman–Crippen LogP) is 2.90. The highest BCUT2D eigenvalue weighted by atomic mass is 35.5. The van der Waals surface area contributed by atoms with Crippen molar-refractivity contribution < 1.29 is 14.6 Å². The third kappa shape index (κ3) is 3.05. The molecule has 0 radical (unpaired) electrons. The number of aryl methyl sites for hydroxylation is 1. The van der Waals surface area contributed by atoms with E-state index in [1.807, 2.05) is 27.7 Å². The highest BCUT2D eigenvalue weighted by molar-refractivity contribution is 6.00. The Labute approximate surface area is 144 Å². The molecule has 6 heteroatoms. The molecule has 1 aliphatic rings. The number of carbonyl (C=O) groups excluding carboxylic acids is 1. The second-order valence-electron chi connectivity index (χ2n) is 6.70. The van der Waals surface area contributed by atoms with Gasteiger partial charge in [-0.3, -0.25) is 4.79 Å². The van der Waals surface area contributed by atoms with E-state index in [4.69, 9.17) is 10.5 Å². The maximum Gasteiger partial charge on any atom is 0.245 e. The fourth-order valence-electron chi connectivity index (χ4n) is 3.03. The maximum atomic E-state index is 12.7. The van der Waals surface area contributed by atoms with Crippen LogP contribution in [0.4, 0.5) is 5.69 Å². The number of phenols is 1. The van der Waals surface area contributed by atoms with E-state index in [-0.39, 0.29) is 30.2 Å². The molecule has 0 aliphatic heterocycles. The van der Waals surface area contributed by atoms with Crippen molar-refractivity contribution in [3.05, 3.63) is 23.3 Å². The zero-order chi connectivity index (χ0) is 16.7. The molecule has 1 amide bonds. The zero-order valence-electron chi connectivity index (χ0n) is 14.4. The molecule has 2 unspecified atom stereocenters. The largest absolute Gasteiger partial charge is 0.507 e. The summed E-state index contributed by atoms with van der Waals surface area (Å²) in [7, 11) is 0. The van der Waals surface area contributed by atoms with Gasteiger partial charge in [0.15, 0.2) is 0 Å². The number of nitrogens with one attached hydrogen (secondary N) is 1. The zero-order valence-corrected chi connectivity index (χ0v) is 15.2. The van der Waals surface area contributed by atoms with Crippen molar-refractivity contribution in [1.29, 1.82) is 0 Å². The Morgan fingerprint density at radius 3 is 2.57 bits per heavy atom.